The van der Waals surface area contributed by atoms with E-state index in [1.54, 1.807) is 29.1 Å². The smallest absolute Gasteiger partial charge is 0.362 e. The molecule has 34 heavy (non-hydrogen) atoms. The highest BCUT2D eigenvalue weighted by Crippen LogP contribution is 2.45. The summed E-state index contributed by atoms with van der Waals surface area (Å²) in [7, 11) is 0. The van der Waals surface area contributed by atoms with Crippen molar-refractivity contribution in [1.29, 1.82) is 0 Å². The van der Waals surface area contributed by atoms with Crippen molar-refractivity contribution in [1.82, 2.24) is 19.6 Å². The summed E-state index contributed by atoms with van der Waals surface area (Å²) in [5.41, 5.74) is 2.25. The van der Waals surface area contributed by atoms with Crippen molar-refractivity contribution in [2.24, 2.45) is 0 Å². The second-order valence-electron chi connectivity index (χ2n) is 8.14. The van der Waals surface area contributed by atoms with Gasteiger partial charge in [-0.15, -0.1) is 11.3 Å². The maximum atomic E-state index is 13.8. The van der Waals surface area contributed by atoms with Crippen molar-refractivity contribution in [2.75, 3.05) is 10.6 Å². The van der Waals surface area contributed by atoms with Crippen molar-refractivity contribution in [3.8, 4) is 0 Å². The summed E-state index contributed by atoms with van der Waals surface area (Å²) in [4.78, 5) is 13.8. The molecule has 0 radical (unpaired) electrons. The third kappa shape index (κ3) is 4.30. The van der Waals surface area contributed by atoms with Crippen LogP contribution < -0.4 is 10.6 Å². The van der Waals surface area contributed by atoms with Gasteiger partial charge in [0, 0.05) is 23.6 Å². The van der Waals surface area contributed by atoms with Gasteiger partial charge in [-0.05, 0) is 29.5 Å². The summed E-state index contributed by atoms with van der Waals surface area (Å²) in [5, 5.41) is 15.9. The zero-order valence-electron chi connectivity index (χ0n) is 18.1. The number of thiophene rings is 1. The number of halogens is 3. The van der Waals surface area contributed by atoms with Crippen LogP contribution in [0.4, 0.5) is 24.8 Å². The standard InChI is InChI=1S/C23H21F3N6OS/c1-14-5-2-3-6-15(14)13-31-9-8-20(30-31)29-22(33)16-12-27-32-19(23(24,25)26)11-17(28-21(16)32)18-7-4-10-34-18/h2-10,12,17,19,28H,11,13H2,1H3,(H,29,30,33)/t17-,19-/m1/s1. The van der Waals surface area contributed by atoms with Crippen LogP contribution in [-0.2, 0) is 6.54 Å². The lowest BCUT2D eigenvalue weighted by Gasteiger charge is -2.33. The fraction of sp³-hybridized carbons (Fsp3) is 0.261. The lowest BCUT2D eigenvalue weighted by molar-refractivity contribution is -0.173. The second-order valence-corrected chi connectivity index (χ2v) is 9.12. The van der Waals surface area contributed by atoms with Gasteiger partial charge >= 0.3 is 6.18 Å². The van der Waals surface area contributed by atoms with Crippen LogP contribution in [-0.4, -0.2) is 31.6 Å². The monoisotopic (exact) mass is 486 g/mol. The van der Waals surface area contributed by atoms with Gasteiger partial charge < -0.3 is 10.6 Å². The molecule has 1 amide bonds. The highest BCUT2D eigenvalue weighted by molar-refractivity contribution is 7.10. The Bertz CT molecular complexity index is 1310. The summed E-state index contributed by atoms with van der Waals surface area (Å²) >= 11 is 1.37. The van der Waals surface area contributed by atoms with E-state index in [4.69, 9.17) is 0 Å². The molecule has 2 N–H and O–H groups in total. The van der Waals surface area contributed by atoms with E-state index < -0.39 is 24.2 Å². The number of carbonyl (C=O) groups is 1. The van der Waals surface area contributed by atoms with Crippen molar-refractivity contribution in [3.05, 3.63) is 81.8 Å². The highest BCUT2D eigenvalue weighted by atomic mass is 32.1. The van der Waals surface area contributed by atoms with Gasteiger partial charge in [0.25, 0.3) is 5.91 Å². The minimum Gasteiger partial charge on any atom is -0.362 e. The number of hydrogen-bond donors (Lipinski definition) is 2. The Kier molecular flexibility index (Phi) is 5.64. The van der Waals surface area contributed by atoms with Crippen LogP contribution in [0.5, 0.6) is 0 Å². The molecule has 0 unspecified atom stereocenters. The molecule has 4 heterocycles. The van der Waals surface area contributed by atoms with Gasteiger partial charge in [-0.25, -0.2) is 4.68 Å². The summed E-state index contributed by atoms with van der Waals surface area (Å²) in [6.07, 6.45) is -1.80. The largest absolute Gasteiger partial charge is 0.410 e. The maximum Gasteiger partial charge on any atom is 0.410 e. The Morgan fingerprint density at radius 1 is 1.24 bits per heavy atom. The topological polar surface area (TPSA) is 76.8 Å². The average Bonchev–Trinajstić information content (AvgIpc) is 3.55. The minimum absolute atomic E-state index is 0.0314. The molecule has 7 nitrogen and oxygen atoms in total. The normalized spacial score (nSPS) is 17.8. The van der Waals surface area contributed by atoms with Gasteiger partial charge in [0.1, 0.15) is 11.4 Å². The minimum atomic E-state index is -4.50. The van der Waals surface area contributed by atoms with Gasteiger partial charge in [-0.3, -0.25) is 9.48 Å². The molecule has 0 bridgehead atoms. The zero-order valence-corrected chi connectivity index (χ0v) is 18.9. The fourth-order valence-electron chi connectivity index (χ4n) is 4.07. The van der Waals surface area contributed by atoms with Gasteiger partial charge in [0.2, 0.25) is 0 Å². The first-order valence-corrected chi connectivity index (χ1v) is 11.5. The Balaban J connectivity index is 1.37. The number of nitrogens with zero attached hydrogens (tertiary/aromatic N) is 4. The summed E-state index contributed by atoms with van der Waals surface area (Å²) < 4.78 is 44.0. The van der Waals surface area contributed by atoms with Crippen LogP contribution in [0.15, 0.2) is 60.2 Å². The van der Waals surface area contributed by atoms with Crippen molar-refractivity contribution >= 4 is 28.9 Å². The number of anilines is 2. The second kappa shape index (κ2) is 8.64. The first kappa shape index (κ1) is 22.2. The molecule has 176 valence electrons. The molecule has 1 aliphatic rings. The third-order valence-electron chi connectivity index (χ3n) is 5.85. The Morgan fingerprint density at radius 2 is 2.06 bits per heavy atom. The lowest BCUT2D eigenvalue weighted by Crippen LogP contribution is -2.36. The number of nitrogens with one attached hydrogen (secondary N) is 2. The number of aromatic nitrogens is 4. The number of aryl methyl sites for hydroxylation is 1. The Labute approximate surface area is 197 Å². The van der Waals surface area contributed by atoms with E-state index >= 15 is 0 Å². The van der Waals surface area contributed by atoms with E-state index in [-0.39, 0.29) is 17.8 Å². The average molecular weight is 487 g/mol. The van der Waals surface area contributed by atoms with Gasteiger partial charge in [0.15, 0.2) is 11.9 Å². The molecular weight excluding hydrogens is 465 g/mol. The summed E-state index contributed by atoms with van der Waals surface area (Å²) in [6, 6.07) is 10.7. The van der Waals surface area contributed by atoms with Crippen LogP contribution >= 0.6 is 11.3 Å². The van der Waals surface area contributed by atoms with E-state index in [9.17, 15) is 18.0 Å². The molecule has 0 saturated heterocycles. The summed E-state index contributed by atoms with van der Waals surface area (Å²) in [6.45, 7) is 2.54. The predicted molar refractivity (Wildman–Crippen MR) is 123 cm³/mol. The van der Waals surface area contributed by atoms with Crippen LogP contribution in [0.25, 0.3) is 0 Å². The molecule has 1 aromatic carbocycles. The molecule has 1 aliphatic heterocycles. The maximum absolute atomic E-state index is 13.8. The van der Waals surface area contributed by atoms with Gasteiger partial charge in [-0.1, -0.05) is 30.3 Å². The fourth-order valence-corrected chi connectivity index (χ4v) is 4.86. The number of rotatable bonds is 5. The molecular formula is C23H21F3N6OS. The quantitative estimate of drug-likeness (QED) is 0.396. The highest BCUT2D eigenvalue weighted by Gasteiger charge is 2.47. The molecule has 3 aromatic heterocycles. The third-order valence-corrected chi connectivity index (χ3v) is 6.83. The first-order valence-electron chi connectivity index (χ1n) is 10.6. The lowest BCUT2D eigenvalue weighted by atomic mass is 10.0. The van der Waals surface area contributed by atoms with Gasteiger partial charge in [-0.2, -0.15) is 23.4 Å². The van der Waals surface area contributed by atoms with E-state index in [1.807, 2.05) is 36.6 Å². The molecule has 0 fully saturated rings. The van der Waals surface area contributed by atoms with Crippen molar-refractivity contribution < 1.29 is 18.0 Å². The van der Waals surface area contributed by atoms with E-state index in [2.05, 4.69) is 20.8 Å². The number of carbonyl (C=O) groups excluding carboxylic acids is 1. The number of alkyl halides is 3. The Hall–Kier alpha value is -3.60. The molecule has 0 saturated carbocycles. The SMILES string of the molecule is Cc1ccccc1Cn1ccc(NC(=O)c2cnn3c2N[C@@H](c2cccs2)C[C@@H]3C(F)(F)F)n1. The first-order chi connectivity index (χ1) is 16.3. The van der Waals surface area contributed by atoms with Crippen LogP contribution in [0.3, 0.4) is 0 Å². The predicted octanol–water partition coefficient (Wildman–Crippen LogP) is 5.41. The molecule has 0 aliphatic carbocycles. The zero-order chi connectivity index (χ0) is 23.9. The molecule has 4 aromatic rings. The molecule has 11 heteroatoms. The molecule has 5 rings (SSSR count). The summed E-state index contributed by atoms with van der Waals surface area (Å²) in [5.74, 6) is -0.233. The molecule has 0 spiro atoms. The number of hydrogen-bond acceptors (Lipinski definition) is 5. The van der Waals surface area contributed by atoms with Crippen molar-refractivity contribution in [2.45, 2.75) is 38.1 Å². The Morgan fingerprint density at radius 3 is 2.79 bits per heavy atom. The van der Waals surface area contributed by atoms with E-state index in [0.29, 0.717) is 12.4 Å². The van der Waals surface area contributed by atoms with Gasteiger partial charge in [0.05, 0.1) is 18.8 Å². The number of fused-ring (bicyclic) bond motifs is 1. The van der Waals surface area contributed by atoms with E-state index in [0.717, 1.165) is 26.9 Å². The van der Waals surface area contributed by atoms with Crippen molar-refractivity contribution in [3.63, 3.8) is 0 Å². The number of amides is 1. The van der Waals surface area contributed by atoms with Crippen LogP contribution in [0.1, 0.15) is 44.9 Å². The van der Waals surface area contributed by atoms with E-state index in [1.165, 1.54) is 11.3 Å². The van der Waals surface area contributed by atoms with Crippen LogP contribution in [0.2, 0.25) is 0 Å². The molecule has 2 atom stereocenters. The van der Waals surface area contributed by atoms with Crippen LogP contribution in [0, 0.1) is 6.92 Å². The number of benzene rings is 1.